The summed E-state index contributed by atoms with van der Waals surface area (Å²) >= 11 is 7.62. The molecule has 0 radical (unpaired) electrons. The van der Waals surface area contributed by atoms with Crippen molar-refractivity contribution in [2.45, 2.75) is 42.8 Å². The molecule has 1 saturated carbocycles. The number of hydrogen-bond acceptors (Lipinski definition) is 7. The zero-order chi connectivity index (χ0) is 22.1. The topological polar surface area (TPSA) is 123 Å². The summed E-state index contributed by atoms with van der Waals surface area (Å²) in [5.41, 5.74) is 8.90. The van der Waals surface area contributed by atoms with Crippen LogP contribution < -0.4 is 5.73 Å². The summed E-state index contributed by atoms with van der Waals surface area (Å²) in [4.78, 5) is 20.7. The quantitative estimate of drug-likeness (QED) is 0.445. The van der Waals surface area contributed by atoms with Crippen molar-refractivity contribution in [2.75, 3.05) is 6.26 Å². The fraction of sp³-hybridized carbons (Fsp3) is 0.333. The highest BCUT2D eigenvalue weighted by atomic mass is 35.5. The Kier molecular flexibility index (Phi) is 5.94. The van der Waals surface area contributed by atoms with E-state index in [9.17, 15) is 10.1 Å². The van der Waals surface area contributed by atoms with E-state index in [1.165, 1.54) is 11.8 Å². The van der Waals surface area contributed by atoms with Gasteiger partial charge in [0.1, 0.15) is 0 Å². The zero-order valence-corrected chi connectivity index (χ0v) is 18.6. The Bertz CT molecular complexity index is 1170. The molecule has 0 bridgehead atoms. The minimum absolute atomic E-state index is 0.0434. The number of thioether (sulfide) groups is 1. The van der Waals surface area contributed by atoms with E-state index >= 15 is 0 Å². The van der Waals surface area contributed by atoms with Crippen LogP contribution in [-0.4, -0.2) is 37.1 Å². The highest BCUT2D eigenvalue weighted by Gasteiger charge is 2.38. The van der Waals surface area contributed by atoms with Crippen LogP contribution in [0.1, 0.15) is 70.5 Å². The Morgan fingerprint density at radius 3 is 2.65 bits per heavy atom. The number of halogens is 1. The van der Waals surface area contributed by atoms with E-state index in [2.05, 4.69) is 26.3 Å². The third kappa shape index (κ3) is 4.01. The Labute approximate surface area is 188 Å². The largest absolute Gasteiger partial charge is 0.364 e. The average Bonchev–Trinajstić information content (AvgIpc) is 3.17. The summed E-state index contributed by atoms with van der Waals surface area (Å²) in [6.07, 6.45) is 6.92. The number of rotatable bonds is 6. The molecule has 0 saturated heterocycles. The predicted octanol–water partition coefficient (Wildman–Crippen LogP) is 3.68. The number of nitriles is 1. The van der Waals surface area contributed by atoms with Gasteiger partial charge in [-0.15, -0.1) is 5.10 Å². The molecule has 1 atom stereocenters. The van der Waals surface area contributed by atoms with E-state index in [1.54, 1.807) is 29.2 Å². The van der Waals surface area contributed by atoms with Gasteiger partial charge >= 0.3 is 0 Å². The van der Waals surface area contributed by atoms with Gasteiger partial charge < -0.3 is 5.73 Å². The van der Waals surface area contributed by atoms with E-state index < -0.39 is 5.91 Å². The van der Waals surface area contributed by atoms with Crippen molar-refractivity contribution in [3.8, 4) is 6.07 Å². The van der Waals surface area contributed by atoms with Crippen molar-refractivity contribution in [3.63, 3.8) is 0 Å². The summed E-state index contributed by atoms with van der Waals surface area (Å²) in [5, 5.41) is 19.0. The first kappa shape index (κ1) is 21.3. The highest BCUT2D eigenvalue weighted by Crippen LogP contribution is 2.49. The number of carbonyl (C=O) groups is 1. The third-order valence-corrected chi connectivity index (χ3v) is 6.55. The normalized spacial score (nSPS) is 18.8. The van der Waals surface area contributed by atoms with E-state index in [0.29, 0.717) is 21.4 Å². The van der Waals surface area contributed by atoms with Crippen LogP contribution in [-0.2, 0) is 0 Å². The Morgan fingerprint density at radius 1 is 1.32 bits per heavy atom. The van der Waals surface area contributed by atoms with E-state index in [4.69, 9.17) is 17.3 Å². The molecular weight excluding hydrogens is 434 g/mol. The molecule has 31 heavy (non-hydrogen) atoms. The molecule has 158 valence electrons. The first-order valence-electron chi connectivity index (χ1n) is 9.73. The van der Waals surface area contributed by atoms with Crippen LogP contribution >= 0.6 is 23.4 Å². The minimum atomic E-state index is -0.605. The van der Waals surface area contributed by atoms with Crippen molar-refractivity contribution >= 4 is 29.3 Å². The summed E-state index contributed by atoms with van der Waals surface area (Å²) in [6.45, 7) is 1.96. The SMILES string of the molecule is CSc1ncc(C(C)n2nnc(C(N)=O)c2C2CC(c3cc(Cl)ccc3C#N)C2)cn1. The lowest BCUT2D eigenvalue weighted by molar-refractivity contribution is 0.0993. The monoisotopic (exact) mass is 453 g/mol. The lowest BCUT2D eigenvalue weighted by atomic mass is 9.68. The smallest absolute Gasteiger partial charge is 0.271 e. The predicted molar refractivity (Wildman–Crippen MR) is 117 cm³/mol. The van der Waals surface area contributed by atoms with Crippen molar-refractivity contribution in [1.82, 2.24) is 25.0 Å². The Morgan fingerprint density at radius 2 is 2.03 bits per heavy atom. The average molecular weight is 454 g/mol. The van der Waals surface area contributed by atoms with Crippen molar-refractivity contribution in [3.05, 3.63) is 63.7 Å². The molecule has 2 heterocycles. The van der Waals surface area contributed by atoms with E-state index in [-0.39, 0.29) is 23.6 Å². The maximum Gasteiger partial charge on any atom is 0.271 e. The molecular formula is C21H20ClN7OS. The summed E-state index contributed by atoms with van der Waals surface area (Å²) in [7, 11) is 0. The second-order valence-corrected chi connectivity index (χ2v) is 8.73. The van der Waals surface area contributed by atoms with Gasteiger partial charge in [-0.2, -0.15) is 5.26 Å². The molecule has 2 N–H and O–H groups in total. The van der Waals surface area contributed by atoms with Crippen LogP contribution in [0.3, 0.4) is 0 Å². The number of hydrogen-bond donors (Lipinski definition) is 1. The van der Waals surface area contributed by atoms with Crippen LogP contribution in [0.4, 0.5) is 0 Å². The molecule has 1 fully saturated rings. The van der Waals surface area contributed by atoms with Gasteiger partial charge in [0.15, 0.2) is 10.9 Å². The van der Waals surface area contributed by atoms with Crippen LogP contribution in [0.25, 0.3) is 0 Å². The van der Waals surface area contributed by atoms with Crippen LogP contribution in [0.2, 0.25) is 5.02 Å². The fourth-order valence-corrected chi connectivity index (χ4v) is 4.50. The molecule has 1 aliphatic rings. The van der Waals surface area contributed by atoms with Crippen molar-refractivity contribution in [2.24, 2.45) is 5.73 Å². The van der Waals surface area contributed by atoms with Gasteiger partial charge in [-0.3, -0.25) is 4.79 Å². The molecule has 1 amide bonds. The summed E-state index contributed by atoms with van der Waals surface area (Å²) < 4.78 is 1.74. The number of primary amides is 1. The molecule has 3 aromatic rings. The number of nitrogens with two attached hydrogens (primary N) is 1. The van der Waals surface area contributed by atoms with Gasteiger partial charge in [-0.05, 0) is 55.7 Å². The zero-order valence-electron chi connectivity index (χ0n) is 17.0. The lowest BCUT2D eigenvalue weighted by Gasteiger charge is -2.37. The first-order chi connectivity index (χ1) is 14.9. The third-order valence-electron chi connectivity index (χ3n) is 5.74. The summed E-state index contributed by atoms with van der Waals surface area (Å²) in [6, 6.07) is 7.32. The molecule has 1 aliphatic carbocycles. The Hall–Kier alpha value is -2.96. The van der Waals surface area contributed by atoms with Gasteiger partial charge in [-0.1, -0.05) is 28.6 Å². The molecule has 2 aromatic heterocycles. The molecule has 1 aromatic carbocycles. The minimum Gasteiger partial charge on any atom is -0.364 e. The number of amides is 1. The molecule has 8 nitrogen and oxygen atoms in total. The van der Waals surface area contributed by atoms with Crippen molar-refractivity contribution < 1.29 is 4.79 Å². The van der Waals surface area contributed by atoms with Crippen LogP contribution in [0.5, 0.6) is 0 Å². The van der Waals surface area contributed by atoms with E-state index in [1.807, 2.05) is 19.2 Å². The number of aromatic nitrogens is 5. The van der Waals surface area contributed by atoms with Gasteiger partial charge in [0.05, 0.1) is 23.4 Å². The molecule has 10 heteroatoms. The molecule has 4 rings (SSSR count). The molecule has 0 spiro atoms. The molecule has 1 unspecified atom stereocenters. The number of carbonyl (C=O) groups excluding carboxylic acids is 1. The van der Waals surface area contributed by atoms with Gasteiger partial charge in [0.2, 0.25) is 0 Å². The summed E-state index contributed by atoms with van der Waals surface area (Å²) in [5.74, 6) is -0.393. The maximum absolute atomic E-state index is 12.0. The second-order valence-electron chi connectivity index (χ2n) is 7.52. The first-order valence-corrected chi connectivity index (χ1v) is 11.3. The second kappa shape index (κ2) is 8.65. The fourth-order valence-electron chi connectivity index (χ4n) is 4.00. The molecule has 0 aliphatic heterocycles. The lowest BCUT2D eigenvalue weighted by Crippen LogP contribution is -2.27. The maximum atomic E-state index is 12.0. The van der Waals surface area contributed by atoms with E-state index in [0.717, 1.165) is 24.0 Å². The Balaban J connectivity index is 1.63. The highest BCUT2D eigenvalue weighted by molar-refractivity contribution is 7.98. The number of nitrogens with zero attached hydrogens (tertiary/aromatic N) is 6. The standard InChI is InChI=1S/C21H20ClN7OS/c1-11(15-9-25-21(31-2)26-10-15)29-19(18(20(24)30)27-28-29)14-5-13(6-14)17-7-16(22)4-3-12(17)8-23/h3-4,7,9-11,13-14H,5-6H2,1-2H3,(H2,24,30). The van der Waals surface area contributed by atoms with Gasteiger partial charge in [0.25, 0.3) is 5.91 Å². The van der Waals surface area contributed by atoms with Crippen LogP contribution in [0.15, 0.2) is 35.7 Å². The van der Waals surface area contributed by atoms with Crippen LogP contribution in [0, 0.1) is 11.3 Å². The van der Waals surface area contributed by atoms with Gasteiger partial charge in [0, 0.05) is 28.9 Å². The van der Waals surface area contributed by atoms with Gasteiger partial charge in [-0.25, -0.2) is 14.6 Å². The number of benzene rings is 1. The van der Waals surface area contributed by atoms with Crippen molar-refractivity contribution in [1.29, 1.82) is 5.26 Å².